The highest BCUT2D eigenvalue weighted by molar-refractivity contribution is 5.77. The molecule has 7 nitrogen and oxygen atoms in total. The van der Waals surface area contributed by atoms with Crippen molar-refractivity contribution in [1.82, 2.24) is 20.3 Å². The molecule has 0 unspecified atom stereocenters. The maximum Gasteiger partial charge on any atom is 0.253 e. The lowest BCUT2D eigenvalue weighted by molar-refractivity contribution is -0.0572. The molecule has 2 aromatic heterocycles. The Kier molecular flexibility index (Phi) is 6.13. The molecule has 2 fully saturated rings. The second kappa shape index (κ2) is 9.32. The minimum atomic E-state index is 0.394. The molecule has 7 heteroatoms. The number of aromatic nitrogens is 3. The Labute approximate surface area is 182 Å². The van der Waals surface area contributed by atoms with E-state index in [4.69, 9.17) is 13.7 Å². The van der Waals surface area contributed by atoms with Gasteiger partial charge < -0.3 is 13.7 Å². The molecule has 1 saturated heterocycles. The minimum absolute atomic E-state index is 0.394. The van der Waals surface area contributed by atoms with E-state index in [0.29, 0.717) is 36.3 Å². The molecule has 0 amide bonds. The summed E-state index contributed by atoms with van der Waals surface area (Å²) in [4.78, 5) is 2.37. The first-order chi connectivity index (χ1) is 15.3. The number of aryl methyl sites for hydroxylation is 1. The molecule has 5 rings (SSSR count). The van der Waals surface area contributed by atoms with Gasteiger partial charge in [-0.25, -0.2) is 0 Å². The molecule has 1 aliphatic carbocycles. The van der Waals surface area contributed by atoms with E-state index in [2.05, 4.69) is 20.3 Å². The third-order valence-corrected chi connectivity index (χ3v) is 6.42. The summed E-state index contributed by atoms with van der Waals surface area (Å²) < 4.78 is 17.8. The Hall–Kier alpha value is -2.51. The lowest BCUT2D eigenvalue weighted by Gasteiger charge is -2.34. The normalized spacial score (nSPS) is 19.1. The van der Waals surface area contributed by atoms with Crippen molar-refractivity contribution in [1.29, 1.82) is 0 Å². The van der Waals surface area contributed by atoms with Crippen LogP contribution in [0.15, 0.2) is 39.3 Å². The van der Waals surface area contributed by atoms with Crippen LogP contribution in [-0.4, -0.2) is 45.6 Å². The van der Waals surface area contributed by atoms with E-state index in [0.717, 1.165) is 42.8 Å². The van der Waals surface area contributed by atoms with Crippen molar-refractivity contribution in [3.8, 4) is 22.7 Å². The van der Waals surface area contributed by atoms with Gasteiger partial charge >= 0.3 is 0 Å². The Balaban J connectivity index is 1.20. The predicted molar refractivity (Wildman–Crippen MR) is 116 cm³/mol. The van der Waals surface area contributed by atoms with Gasteiger partial charge in [-0.2, -0.15) is 0 Å². The van der Waals surface area contributed by atoms with E-state index in [1.54, 1.807) is 0 Å². The molecule has 0 radical (unpaired) electrons. The fourth-order valence-corrected chi connectivity index (χ4v) is 4.70. The number of benzene rings is 1. The summed E-state index contributed by atoms with van der Waals surface area (Å²) in [5, 5.41) is 12.8. The summed E-state index contributed by atoms with van der Waals surface area (Å²) in [6.45, 7) is 4.53. The first kappa shape index (κ1) is 20.4. The number of ether oxygens (including phenoxy) is 1. The van der Waals surface area contributed by atoms with E-state index < -0.39 is 0 Å². The fourth-order valence-electron chi connectivity index (χ4n) is 4.70. The smallest absolute Gasteiger partial charge is 0.253 e. The first-order valence-corrected chi connectivity index (χ1v) is 11.5. The Bertz CT molecular complexity index is 970. The Morgan fingerprint density at radius 3 is 2.48 bits per heavy atom. The molecule has 31 heavy (non-hydrogen) atoms. The maximum atomic E-state index is 6.36. The third kappa shape index (κ3) is 4.72. The van der Waals surface area contributed by atoms with Crippen molar-refractivity contribution >= 4 is 0 Å². The summed E-state index contributed by atoms with van der Waals surface area (Å²) in [5.74, 6) is 1.76. The Morgan fingerprint density at radius 2 is 1.71 bits per heavy atom. The van der Waals surface area contributed by atoms with Crippen LogP contribution >= 0.6 is 0 Å². The van der Waals surface area contributed by atoms with Gasteiger partial charge in [0.2, 0.25) is 5.89 Å². The van der Waals surface area contributed by atoms with Gasteiger partial charge in [-0.15, -0.1) is 10.2 Å². The summed E-state index contributed by atoms with van der Waals surface area (Å²) in [6.07, 6.45) is 9.49. The minimum Gasteiger partial charge on any atom is -0.419 e. The van der Waals surface area contributed by atoms with Gasteiger partial charge in [-0.3, -0.25) is 4.90 Å². The SMILES string of the molecule is Cc1onc(-c2ccccc2)c1-c1nnc(CN2CCC(OC3CCCCC3)CC2)o1. The molecule has 1 aliphatic heterocycles. The second-order valence-corrected chi connectivity index (χ2v) is 8.70. The molecule has 3 aromatic rings. The fraction of sp³-hybridized carbons (Fsp3) is 0.542. The summed E-state index contributed by atoms with van der Waals surface area (Å²) in [7, 11) is 0. The number of piperidine rings is 1. The van der Waals surface area contributed by atoms with Crippen LogP contribution in [0.4, 0.5) is 0 Å². The molecule has 2 aliphatic rings. The standard InChI is InChI=1S/C24H30N4O3/c1-17-22(23(27-31-17)18-8-4-2-5-9-18)24-26-25-21(30-24)16-28-14-12-20(13-15-28)29-19-10-6-3-7-11-19/h2,4-5,8-9,19-20H,3,6-7,10-16H2,1H3. The average Bonchev–Trinajstić information content (AvgIpc) is 3.42. The second-order valence-electron chi connectivity index (χ2n) is 8.70. The van der Waals surface area contributed by atoms with Crippen LogP contribution in [0.25, 0.3) is 22.7 Å². The molecule has 1 aromatic carbocycles. The molecule has 0 N–H and O–H groups in total. The van der Waals surface area contributed by atoms with E-state index in [1.165, 1.54) is 32.1 Å². The van der Waals surface area contributed by atoms with Crippen LogP contribution in [0.3, 0.4) is 0 Å². The highest BCUT2D eigenvalue weighted by Gasteiger charge is 2.26. The van der Waals surface area contributed by atoms with Crippen molar-refractivity contribution in [2.24, 2.45) is 0 Å². The van der Waals surface area contributed by atoms with Gasteiger partial charge in [0, 0.05) is 18.7 Å². The van der Waals surface area contributed by atoms with Crippen LogP contribution in [0.5, 0.6) is 0 Å². The van der Waals surface area contributed by atoms with Crippen molar-refractivity contribution < 1.29 is 13.7 Å². The largest absolute Gasteiger partial charge is 0.419 e. The van der Waals surface area contributed by atoms with Crippen molar-refractivity contribution in [2.45, 2.75) is 70.6 Å². The highest BCUT2D eigenvalue weighted by atomic mass is 16.5. The topological polar surface area (TPSA) is 77.4 Å². The van der Waals surface area contributed by atoms with Gasteiger partial charge in [-0.1, -0.05) is 54.8 Å². The molecule has 0 spiro atoms. The molecule has 0 bridgehead atoms. The molecule has 0 atom stereocenters. The Morgan fingerprint density at radius 1 is 0.968 bits per heavy atom. The zero-order chi connectivity index (χ0) is 21.0. The number of likely N-dealkylation sites (tertiary alicyclic amines) is 1. The van der Waals surface area contributed by atoms with E-state index in [1.807, 2.05) is 37.3 Å². The van der Waals surface area contributed by atoms with E-state index in [9.17, 15) is 0 Å². The molecular formula is C24H30N4O3. The zero-order valence-electron chi connectivity index (χ0n) is 18.1. The quantitative estimate of drug-likeness (QED) is 0.552. The van der Waals surface area contributed by atoms with E-state index >= 15 is 0 Å². The molecule has 164 valence electrons. The maximum absolute atomic E-state index is 6.36. The molecular weight excluding hydrogens is 392 g/mol. The number of hydrogen-bond donors (Lipinski definition) is 0. The number of nitrogens with zero attached hydrogens (tertiary/aromatic N) is 4. The van der Waals surface area contributed by atoms with Gasteiger partial charge in [0.1, 0.15) is 17.0 Å². The summed E-state index contributed by atoms with van der Waals surface area (Å²) >= 11 is 0. The number of hydrogen-bond acceptors (Lipinski definition) is 7. The monoisotopic (exact) mass is 422 g/mol. The molecule has 1 saturated carbocycles. The first-order valence-electron chi connectivity index (χ1n) is 11.5. The summed E-state index contributed by atoms with van der Waals surface area (Å²) in [6, 6.07) is 9.92. The average molecular weight is 423 g/mol. The summed E-state index contributed by atoms with van der Waals surface area (Å²) in [5.41, 5.74) is 2.47. The van der Waals surface area contributed by atoms with Crippen LogP contribution in [0.1, 0.15) is 56.6 Å². The zero-order valence-corrected chi connectivity index (χ0v) is 18.1. The van der Waals surface area contributed by atoms with Gasteiger partial charge in [0.15, 0.2) is 0 Å². The van der Waals surface area contributed by atoms with Crippen LogP contribution in [0.2, 0.25) is 0 Å². The van der Waals surface area contributed by atoms with Crippen molar-refractivity contribution in [3.63, 3.8) is 0 Å². The lowest BCUT2D eigenvalue weighted by Crippen LogP contribution is -2.38. The van der Waals surface area contributed by atoms with Gasteiger partial charge in [-0.05, 0) is 32.6 Å². The molecule has 3 heterocycles. The van der Waals surface area contributed by atoms with Crippen molar-refractivity contribution in [2.75, 3.05) is 13.1 Å². The lowest BCUT2D eigenvalue weighted by atomic mass is 9.97. The third-order valence-electron chi connectivity index (χ3n) is 6.42. The van der Waals surface area contributed by atoms with Gasteiger partial charge in [0.05, 0.1) is 18.8 Å². The van der Waals surface area contributed by atoms with E-state index in [-0.39, 0.29) is 0 Å². The predicted octanol–water partition coefficient (Wildman–Crippen LogP) is 5.01. The van der Waals surface area contributed by atoms with Crippen molar-refractivity contribution in [3.05, 3.63) is 42.0 Å². The van der Waals surface area contributed by atoms with Gasteiger partial charge in [0.25, 0.3) is 5.89 Å². The number of rotatable bonds is 6. The van der Waals surface area contributed by atoms with Crippen LogP contribution in [-0.2, 0) is 11.3 Å². The van der Waals surface area contributed by atoms with Crippen LogP contribution in [0, 0.1) is 6.92 Å². The highest BCUT2D eigenvalue weighted by Crippen LogP contribution is 2.33. The van der Waals surface area contributed by atoms with Crippen LogP contribution < -0.4 is 0 Å².